The number of piperazine rings is 1. The first-order valence-corrected chi connectivity index (χ1v) is 11.6. The maximum absolute atomic E-state index is 13.0. The van der Waals surface area contributed by atoms with E-state index in [-0.39, 0.29) is 42.4 Å². The molecule has 2 aliphatic heterocycles. The monoisotopic (exact) mass is 525 g/mol. The van der Waals surface area contributed by atoms with E-state index in [0.29, 0.717) is 12.1 Å². The lowest BCUT2D eigenvalue weighted by molar-refractivity contribution is -0.153. The number of nitrogens with one attached hydrogen (secondary N) is 2. The van der Waals surface area contributed by atoms with Crippen LogP contribution in [-0.2, 0) is 16.0 Å². The van der Waals surface area contributed by atoms with Crippen LogP contribution >= 0.6 is 0 Å². The van der Waals surface area contributed by atoms with Crippen LogP contribution in [0.25, 0.3) is 0 Å². The third-order valence-corrected chi connectivity index (χ3v) is 6.13. The van der Waals surface area contributed by atoms with Crippen LogP contribution in [0.3, 0.4) is 0 Å². The third-order valence-electron chi connectivity index (χ3n) is 6.13. The van der Waals surface area contributed by atoms with E-state index in [9.17, 15) is 34.1 Å². The van der Waals surface area contributed by atoms with Crippen LogP contribution in [-0.4, -0.2) is 92.2 Å². The number of hydrogen-bond acceptors (Lipinski definition) is 9. The molecular formula is C22H24BN7O8. The van der Waals surface area contributed by atoms with Gasteiger partial charge in [-0.05, 0) is 25.0 Å². The number of fused-ring (bicyclic) bond motifs is 1. The summed E-state index contributed by atoms with van der Waals surface area (Å²) in [6.45, 7) is 2.13. The van der Waals surface area contributed by atoms with Gasteiger partial charge in [0.25, 0.3) is 5.56 Å². The van der Waals surface area contributed by atoms with Gasteiger partial charge in [0.1, 0.15) is 23.6 Å². The number of hydrogen-bond donors (Lipinski definition) is 5. The molecule has 16 heteroatoms. The second kappa shape index (κ2) is 10.7. The highest BCUT2D eigenvalue weighted by atomic mass is 16.5. The first-order valence-electron chi connectivity index (χ1n) is 11.6. The van der Waals surface area contributed by atoms with E-state index in [2.05, 4.69) is 20.3 Å². The van der Waals surface area contributed by atoms with Crippen LogP contribution in [0.1, 0.15) is 34.6 Å². The van der Waals surface area contributed by atoms with E-state index in [1.54, 1.807) is 13.0 Å². The number of imide groups is 1. The molecule has 0 spiro atoms. The van der Waals surface area contributed by atoms with E-state index in [4.69, 9.17) is 10.4 Å². The van der Waals surface area contributed by atoms with Gasteiger partial charge < -0.3 is 35.7 Å². The number of carboxylic acids is 1. The smallest absolute Gasteiger partial charge is 0.534 e. The zero-order valence-electron chi connectivity index (χ0n) is 20.2. The average Bonchev–Trinajstić information content (AvgIpc) is 2.89. The summed E-state index contributed by atoms with van der Waals surface area (Å²) in [6.07, 6.45) is 2.21. The lowest BCUT2D eigenvalue weighted by Crippen LogP contribution is -2.59. The van der Waals surface area contributed by atoms with Gasteiger partial charge in [0.05, 0.1) is 17.5 Å². The summed E-state index contributed by atoms with van der Waals surface area (Å²) in [7, 11) is -1.57. The number of nitrogens with two attached hydrogens (primary N) is 1. The average molecular weight is 525 g/mol. The molecule has 1 saturated heterocycles. The summed E-state index contributed by atoms with van der Waals surface area (Å²) in [6, 6.07) is 2.27. The standard InChI is InChI=1S/C22H24BN7O8/c1-2-29-6-7-30(20(33)19(29)32)22(36)28-16(13-9-26-15(31)10-25-13)18(24)27-14-8-11-4-3-5-12(21(34)35)17(11)38-23(14)37/h3-5,9-10,14,16,37H,2,6-8H2,1H3,(H2,24,27)(H,26,31)(H,28,36)(H,34,35)/t14-,16?/m0/s1. The molecule has 2 atom stereocenters. The Morgan fingerprint density at radius 1 is 1.32 bits per heavy atom. The largest absolute Gasteiger partial charge is 0.549 e. The van der Waals surface area contributed by atoms with Gasteiger partial charge in [0.2, 0.25) is 0 Å². The Morgan fingerprint density at radius 3 is 2.74 bits per heavy atom. The van der Waals surface area contributed by atoms with Crippen molar-refractivity contribution in [3.8, 4) is 5.75 Å². The fraction of sp³-hybridized carbons (Fsp3) is 0.318. The summed E-state index contributed by atoms with van der Waals surface area (Å²) < 4.78 is 5.43. The van der Waals surface area contributed by atoms with Crippen LogP contribution in [0, 0.1) is 0 Å². The second-order valence-electron chi connectivity index (χ2n) is 8.49. The molecule has 1 unspecified atom stereocenters. The molecule has 2 aromatic rings. The Hall–Kier alpha value is -4.73. The number of nitrogens with zero attached hydrogens (tertiary/aromatic N) is 4. The van der Waals surface area contributed by atoms with Gasteiger partial charge in [-0.25, -0.2) is 9.59 Å². The summed E-state index contributed by atoms with van der Waals surface area (Å²) in [4.78, 5) is 73.5. The molecule has 6 N–H and O–H groups in total. The molecular weight excluding hydrogens is 501 g/mol. The van der Waals surface area contributed by atoms with Crippen molar-refractivity contribution in [1.82, 2.24) is 25.1 Å². The Balaban J connectivity index is 1.61. The number of para-hydroxylation sites is 1. The van der Waals surface area contributed by atoms with Crippen molar-refractivity contribution in [1.29, 1.82) is 0 Å². The van der Waals surface area contributed by atoms with Gasteiger partial charge in [-0.15, -0.1) is 0 Å². The molecule has 2 aliphatic rings. The molecule has 4 amide bonds. The van der Waals surface area contributed by atoms with E-state index in [1.165, 1.54) is 23.2 Å². The van der Waals surface area contributed by atoms with Crippen molar-refractivity contribution < 1.29 is 34.0 Å². The lowest BCUT2D eigenvalue weighted by Gasteiger charge is -2.32. The number of likely N-dealkylation sites (N-methyl/N-ethyl adjacent to an activating group) is 1. The number of aromatic carboxylic acids is 1. The number of carboxylic acid groups (broad SMARTS) is 1. The maximum atomic E-state index is 13.0. The minimum Gasteiger partial charge on any atom is -0.534 e. The highest BCUT2D eigenvalue weighted by molar-refractivity contribution is 6.47. The Labute approximate surface area is 215 Å². The normalized spacial score (nSPS) is 18.5. The summed E-state index contributed by atoms with van der Waals surface area (Å²) in [5.74, 6) is -4.30. The van der Waals surface area contributed by atoms with E-state index in [0.717, 1.165) is 11.1 Å². The Bertz CT molecular complexity index is 1360. The van der Waals surface area contributed by atoms with Crippen LogP contribution in [0.5, 0.6) is 5.75 Å². The van der Waals surface area contributed by atoms with Gasteiger partial charge in [-0.1, -0.05) is 12.1 Å². The molecule has 198 valence electrons. The van der Waals surface area contributed by atoms with Crippen LogP contribution < -0.4 is 21.3 Å². The first kappa shape index (κ1) is 26.3. The van der Waals surface area contributed by atoms with Crippen molar-refractivity contribution in [2.45, 2.75) is 25.3 Å². The minimum absolute atomic E-state index is 0.0130. The SMILES string of the molecule is CCN1CCN(C(=O)NC(/C(N)=N/[C@H]2Cc3cccc(C(=O)O)c3OB2O)c2c[nH]c(=O)cn2)C(=O)C1=O. The highest BCUT2D eigenvalue weighted by Gasteiger charge is 2.39. The molecule has 1 aromatic carbocycles. The number of aliphatic imine (C=N–C) groups is 1. The van der Waals surface area contributed by atoms with Gasteiger partial charge in [-0.3, -0.25) is 29.3 Å². The van der Waals surface area contributed by atoms with Crippen molar-refractivity contribution >= 4 is 36.8 Å². The predicted octanol–water partition coefficient (Wildman–Crippen LogP) is -1.71. The minimum atomic E-state index is -1.57. The Morgan fingerprint density at radius 2 is 2.08 bits per heavy atom. The maximum Gasteiger partial charge on any atom is 0.549 e. The number of urea groups is 1. The summed E-state index contributed by atoms with van der Waals surface area (Å²) >= 11 is 0. The molecule has 4 rings (SSSR count). The quantitative estimate of drug-likeness (QED) is 0.124. The van der Waals surface area contributed by atoms with Gasteiger partial charge >= 0.3 is 30.9 Å². The molecule has 0 bridgehead atoms. The van der Waals surface area contributed by atoms with Gasteiger partial charge in [-0.2, -0.15) is 0 Å². The lowest BCUT2D eigenvalue weighted by atomic mass is 9.72. The molecule has 1 aromatic heterocycles. The fourth-order valence-corrected chi connectivity index (χ4v) is 4.14. The van der Waals surface area contributed by atoms with E-state index in [1.807, 2.05) is 0 Å². The molecule has 3 heterocycles. The zero-order chi connectivity index (χ0) is 27.6. The van der Waals surface area contributed by atoms with E-state index >= 15 is 0 Å². The number of rotatable bonds is 6. The number of amidine groups is 1. The van der Waals surface area contributed by atoms with Crippen molar-refractivity contribution in [3.63, 3.8) is 0 Å². The number of aromatic nitrogens is 2. The van der Waals surface area contributed by atoms with Crippen LogP contribution in [0.15, 0.2) is 40.4 Å². The van der Waals surface area contributed by atoms with Gasteiger partial charge in [0.15, 0.2) is 0 Å². The number of aromatic amines is 1. The fourth-order valence-electron chi connectivity index (χ4n) is 4.14. The second-order valence-corrected chi connectivity index (χ2v) is 8.49. The van der Waals surface area contributed by atoms with Crippen LogP contribution in [0.4, 0.5) is 4.79 Å². The highest BCUT2D eigenvalue weighted by Crippen LogP contribution is 2.31. The topological polar surface area (TPSA) is 221 Å². The first-order chi connectivity index (χ1) is 18.1. The Kier molecular flexibility index (Phi) is 7.43. The number of carbonyl (C=O) groups is 4. The zero-order valence-corrected chi connectivity index (χ0v) is 20.2. The predicted molar refractivity (Wildman–Crippen MR) is 131 cm³/mol. The van der Waals surface area contributed by atoms with Gasteiger partial charge in [0, 0.05) is 25.8 Å². The molecule has 0 radical (unpaired) electrons. The molecule has 38 heavy (non-hydrogen) atoms. The number of H-pyrrole nitrogens is 1. The van der Waals surface area contributed by atoms with Crippen molar-refractivity contribution in [2.75, 3.05) is 19.6 Å². The number of benzene rings is 1. The summed E-state index contributed by atoms with van der Waals surface area (Å²) in [5.41, 5.74) is 6.11. The molecule has 15 nitrogen and oxygen atoms in total. The molecule has 0 aliphatic carbocycles. The number of amides is 4. The molecule has 0 saturated carbocycles. The number of carbonyl (C=O) groups excluding carboxylic acids is 3. The van der Waals surface area contributed by atoms with E-state index < -0.39 is 48.5 Å². The summed E-state index contributed by atoms with van der Waals surface area (Å²) in [5, 5.41) is 22.4. The molecule has 1 fully saturated rings. The van der Waals surface area contributed by atoms with Crippen molar-refractivity contribution in [2.24, 2.45) is 10.7 Å². The van der Waals surface area contributed by atoms with Crippen molar-refractivity contribution in [3.05, 3.63) is 57.8 Å². The third kappa shape index (κ3) is 5.20. The van der Waals surface area contributed by atoms with Crippen LogP contribution in [0.2, 0.25) is 0 Å².